The van der Waals surface area contributed by atoms with Crippen molar-refractivity contribution < 1.29 is 14.2 Å². The fourth-order valence-corrected chi connectivity index (χ4v) is 2.10. The van der Waals surface area contributed by atoms with E-state index in [2.05, 4.69) is 5.32 Å². The number of ether oxygens (including phenoxy) is 1. The minimum atomic E-state index is -0.399. The number of phenols is 1. The van der Waals surface area contributed by atoms with E-state index < -0.39 is 5.82 Å². The van der Waals surface area contributed by atoms with Crippen molar-refractivity contribution in [2.75, 3.05) is 12.4 Å². The van der Waals surface area contributed by atoms with Gasteiger partial charge in [0.05, 0.1) is 13.2 Å². The molecule has 2 aromatic carbocycles. The van der Waals surface area contributed by atoms with Gasteiger partial charge in [0.1, 0.15) is 5.75 Å². The summed E-state index contributed by atoms with van der Waals surface area (Å²) in [5.41, 5.74) is 2.60. The molecule has 0 aliphatic carbocycles. The Balaban J connectivity index is 2.23. The summed E-state index contributed by atoms with van der Waals surface area (Å²) in [6.45, 7) is 3.90. The highest BCUT2D eigenvalue weighted by atomic mass is 19.1. The van der Waals surface area contributed by atoms with Crippen LogP contribution in [0.25, 0.3) is 0 Å². The Kier molecular flexibility index (Phi) is 4.13. The molecule has 2 aromatic rings. The van der Waals surface area contributed by atoms with E-state index in [1.54, 1.807) is 18.2 Å². The number of phenolic OH excluding ortho intramolecular Hbond substituents is 1. The standard InChI is InChI=1S/C16H18FNO2/c1-10-4-7-15(19)13(8-10)11(2)18-12-5-6-14(17)16(9-12)20-3/h4-9,11,18-19H,1-3H3. The van der Waals surface area contributed by atoms with Crippen LogP contribution in [0.15, 0.2) is 36.4 Å². The van der Waals surface area contributed by atoms with Gasteiger partial charge in [-0.1, -0.05) is 17.7 Å². The van der Waals surface area contributed by atoms with Crippen LogP contribution < -0.4 is 10.1 Å². The van der Waals surface area contributed by atoms with Gasteiger partial charge in [0.15, 0.2) is 11.6 Å². The average Bonchev–Trinajstić information content (AvgIpc) is 2.43. The molecule has 2 N–H and O–H groups in total. The van der Waals surface area contributed by atoms with Crippen LogP contribution in [0.1, 0.15) is 24.1 Å². The number of nitrogens with one attached hydrogen (secondary N) is 1. The van der Waals surface area contributed by atoms with Crippen LogP contribution >= 0.6 is 0 Å². The molecule has 0 aliphatic heterocycles. The molecule has 0 fully saturated rings. The Bertz CT molecular complexity index is 613. The van der Waals surface area contributed by atoms with E-state index in [-0.39, 0.29) is 17.5 Å². The third-order valence-electron chi connectivity index (χ3n) is 3.18. The van der Waals surface area contributed by atoms with Gasteiger partial charge in [-0.2, -0.15) is 0 Å². The van der Waals surface area contributed by atoms with E-state index in [4.69, 9.17) is 4.74 Å². The first-order valence-electron chi connectivity index (χ1n) is 6.41. The van der Waals surface area contributed by atoms with Crippen LogP contribution in [0.3, 0.4) is 0 Å². The predicted molar refractivity (Wildman–Crippen MR) is 77.8 cm³/mol. The number of halogens is 1. The summed E-state index contributed by atoms with van der Waals surface area (Å²) in [6, 6.07) is 9.93. The van der Waals surface area contributed by atoms with Crippen molar-refractivity contribution in [1.29, 1.82) is 0 Å². The maximum atomic E-state index is 13.4. The zero-order valence-corrected chi connectivity index (χ0v) is 11.8. The van der Waals surface area contributed by atoms with Crippen LogP contribution in [-0.2, 0) is 0 Å². The second kappa shape index (κ2) is 5.82. The summed E-state index contributed by atoms with van der Waals surface area (Å²) in [6.07, 6.45) is 0. The number of hydrogen-bond acceptors (Lipinski definition) is 3. The van der Waals surface area contributed by atoms with E-state index in [9.17, 15) is 9.50 Å². The molecule has 1 unspecified atom stereocenters. The normalized spacial score (nSPS) is 12.0. The quantitative estimate of drug-likeness (QED) is 0.885. The highest BCUT2D eigenvalue weighted by molar-refractivity contribution is 5.51. The number of hydrogen-bond donors (Lipinski definition) is 2. The van der Waals surface area contributed by atoms with Crippen molar-refractivity contribution in [2.45, 2.75) is 19.9 Å². The van der Waals surface area contributed by atoms with Gasteiger partial charge < -0.3 is 15.2 Å². The first-order valence-corrected chi connectivity index (χ1v) is 6.41. The molecule has 0 spiro atoms. The molecular weight excluding hydrogens is 257 g/mol. The Labute approximate surface area is 118 Å². The Hall–Kier alpha value is -2.23. The number of benzene rings is 2. The van der Waals surface area contributed by atoms with Crippen LogP contribution in [0.2, 0.25) is 0 Å². The molecule has 0 aromatic heterocycles. The second-order valence-corrected chi connectivity index (χ2v) is 4.78. The van der Waals surface area contributed by atoms with Crippen molar-refractivity contribution in [1.82, 2.24) is 0 Å². The Morgan fingerprint density at radius 1 is 1.20 bits per heavy atom. The number of aryl methyl sites for hydroxylation is 1. The number of anilines is 1. The fourth-order valence-electron chi connectivity index (χ4n) is 2.10. The molecule has 1 atom stereocenters. The van der Waals surface area contributed by atoms with E-state index in [1.165, 1.54) is 13.2 Å². The molecular formula is C16H18FNO2. The van der Waals surface area contributed by atoms with Crippen molar-refractivity contribution in [3.05, 3.63) is 53.3 Å². The molecule has 0 radical (unpaired) electrons. The summed E-state index contributed by atoms with van der Waals surface area (Å²) < 4.78 is 18.3. The lowest BCUT2D eigenvalue weighted by Crippen LogP contribution is -2.07. The first kappa shape index (κ1) is 14.2. The van der Waals surface area contributed by atoms with Crippen LogP contribution in [0, 0.1) is 12.7 Å². The molecule has 0 bridgehead atoms. The molecule has 0 saturated heterocycles. The second-order valence-electron chi connectivity index (χ2n) is 4.78. The first-order chi connectivity index (χ1) is 9.51. The van der Waals surface area contributed by atoms with Crippen LogP contribution in [0.4, 0.5) is 10.1 Å². The minimum absolute atomic E-state index is 0.106. The molecule has 2 rings (SSSR count). The van der Waals surface area contributed by atoms with Crippen molar-refractivity contribution in [3.8, 4) is 11.5 Å². The predicted octanol–water partition coefficient (Wildman–Crippen LogP) is 4.02. The molecule has 20 heavy (non-hydrogen) atoms. The van der Waals surface area contributed by atoms with Crippen LogP contribution in [0.5, 0.6) is 11.5 Å². The van der Waals surface area contributed by atoms with E-state index >= 15 is 0 Å². The van der Waals surface area contributed by atoms with Gasteiger partial charge in [-0.15, -0.1) is 0 Å². The largest absolute Gasteiger partial charge is 0.508 e. The van der Waals surface area contributed by atoms with Gasteiger partial charge in [0.2, 0.25) is 0 Å². The zero-order valence-electron chi connectivity index (χ0n) is 11.8. The maximum Gasteiger partial charge on any atom is 0.165 e. The SMILES string of the molecule is COc1cc(NC(C)c2cc(C)ccc2O)ccc1F. The highest BCUT2D eigenvalue weighted by Gasteiger charge is 2.12. The molecule has 3 nitrogen and oxygen atoms in total. The lowest BCUT2D eigenvalue weighted by Gasteiger charge is -2.18. The molecule has 0 heterocycles. The van der Waals surface area contributed by atoms with Crippen molar-refractivity contribution in [2.24, 2.45) is 0 Å². The summed E-state index contributed by atoms with van der Waals surface area (Å²) in [5, 5.41) is 13.1. The smallest absolute Gasteiger partial charge is 0.165 e. The van der Waals surface area contributed by atoms with Crippen molar-refractivity contribution in [3.63, 3.8) is 0 Å². The van der Waals surface area contributed by atoms with E-state index in [0.717, 1.165) is 16.8 Å². The van der Waals surface area contributed by atoms with Gasteiger partial charge >= 0.3 is 0 Å². The third-order valence-corrected chi connectivity index (χ3v) is 3.18. The van der Waals surface area contributed by atoms with E-state index in [0.29, 0.717) is 0 Å². The molecule has 0 saturated carbocycles. The number of rotatable bonds is 4. The minimum Gasteiger partial charge on any atom is -0.508 e. The zero-order chi connectivity index (χ0) is 14.7. The Morgan fingerprint density at radius 2 is 1.95 bits per heavy atom. The number of aromatic hydroxyl groups is 1. The van der Waals surface area contributed by atoms with Gasteiger partial charge in [-0.3, -0.25) is 0 Å². The van der Waals surface area contributed by atoms with E-state index in [1.807, 2.05) is 26.0 Å². The maximum absolute atomic E-state index is 13.4. The lowest BCUT2D eigenvalue weighted by molar-refractivity contribution is 0.386. The summed E-state index contributed by atoms with van der Waals surface area (Å²) in [4.78, 5) is 0. The van der Waals surface area contributed by atoms with Gasteiger partial charge in [0, 0.05) is 17.3 Å². The van der Waals surface area contributed by atoms with Crippen molar-refractivity contribution >= 4 is 5.69 Å². The monoisotopic (exact) mass is 275 g/mol. The molecule has 106 valence electrons. The topological polar surface area (TPSA) is 41.5 Å². The van der Waals surface area contributed by atoms with Crippen LogP contribution in [-0.4, -0.2) is 12.2 Å². The highest BCUT2D eigenvalue weighted by Crippen LogP contribution is 2.29. The third kappa shape index (κ3) is 3.02. The summed E-state index contributed by atoms with van der Waals surface area (Å²) in [5.74, 6) is 0.0319. The molecule has 0 amide bonds. The molecule has 0 aliphatic rings. The Morgan fingerprint density at radius 3 is 2.65 bits per heavy atom. The average molecular weight is 275 g/mol. The summed E-state index contributed by atoms with van der Waals surface area (Å²) >= 11 is 0. The summed E-state index contributed by atoms with van der Waals surface area (Å²) in [7, 11) is 1.43. The lowest BCUT2D eigenvalue weighted by atomic mass is 10.0. The number of methoxy groups -OCH3 is 1. The fraction of sp³-hybridized carbons (Fsp3) is 0.250. The van der Waals surface area contributed by atoms with Gasteiger partial charge in [0.25, 0.3) is 0 Å². The molecule has 4 heteroatoms. The van der Waals surface area contributed by atoms with Gasteiger partial charge in [-0.05, 0) is 32.0 Å². The van der Waals surface area contributed by atoms with Gasteiger partial charge in [-0.25, -0.2) is 4.39 Å².